The van der Waals surface area contributed by atoms with Gasteiger partial charge in [0.05, 0.1) is 6.54 Å². The molecule has 10 nitrogen and oxygen atoms in total. The summed E-state index contributed by atoms with van der Waals surface area (Å²) in [6, 6.07) is 9.34. The third-order valence-corrected chi connectivity index (χ3v) is 4.25. The summed E-state index contributed by atoms with van der Waals surface area (Å²) in [7, 11) is 0. The average molecular weight is 436 g/mol. The fraction of sp³-hybridized carbons (Fsp3) is 0.524. The topological polar surface area (TPSA) is 169 Å². The largest absolute Gasteiger partial charge is 0.461 e. The molecule has 1 rings (SSSR count). The summed E-state index contributed by atoms with van der Waals surface area (Å²) < 4.78 is 5.15. The zero-order valence-electron chi connectivity index (χ0n) is 17.7. The highest BCUT2D eigenvalue weighted by atomic mass is 16.5. The van der Waals surface area contributed by atoms with Crippen molar-refractivity contribution in [3.63, 3.8) is 0 Å². The van der Waals surface area contributed by atoms with Crippen LogP contribution >= 0.6 is 0 Å². The summed E-state index contributed by atoms with van der Waals surface area (Å²) in [5, 5.41) is 14.9. The molecule has 0 saturated carbocycles. The predicted molar refractivity (Wildman–Crippen MR) is 117 cm³/mol. The van der Waals surface area contributed by atoms with Crippen LogP contribution < -0.4 is 22.1 Å². The lowest BCUT2D eigenvalue weighted by Crippen LogP contribution is -2.43. The lowest BCUT2D eigenvalue weighted by Gasteiger charge is -2.12. The second-order valence-electron chi connectivity index (χ2n) is 6.98. The van der Waals surface area contributed by atoms with Crippen molar-refractivity contribution in [2.75, 3.05) is 19.6 Å². The van der Waals surface area contributed by atoms with Crippen molar-refractivity contribution in [1.82, 2.24) is 10.6 Å². The van der Waals surface area contributed by atoms with Crippen LogP contribution in [0.1, 0.15) is 44.1 Å². The second-order valence-corrected chi connectivity index (χ2v) is 6.98. The Balaban J connectivity index is 2.05. The number of aliphatic hydroxyl groups excluding tert-OH is 1. The number of carbonyl (C=O) groups is 3. The van der Waals surface area contributed by atoms with Gasteiger partial charge < -0.3 is 31.9 Å². The van der Waals surface area contributed by atoms with Gasteiger partial charge >= 0.3 is 5.97 Å². The Labute approximate surface area is 182 Å². The molecule has 10 heteroatoms. The zero-order chi connectivity index (χ0) is 22.9. The van der Waals surface area contributed by atoms with E-state index in [9.17, 15) is 19.5 Å². The standard InChI is InChI=1S/C21H33N5O5/c22-21(23)25-12-6-2-5-10-18(28)26-14-17(27)20(30)24-13-7-11-19(29)31-15-16-8-3-1-4-9-16/h1,3-4,8-9,17,27H,2,5-7,10-15H2,(H,24,30)(H,26,28)(H4,22,23,25). The van der Waals surface area contributed by atoms with E-state index in [4.69, 9.17) is 16.2 Å². The highest BCUT2D eigenvalue weighted by Crippen LogP contribution is 2.03. The number of guanidine groups is 1. The van der Waals surface area contributed by atoms with E-state index in [1.54, 1.807) is 0 Å². The maximum absolute atomic E-state index is 11.8. The van der Waals surface area contributed by atoms with E-state index in [2.05, 4.69) is 15.6 Å². The molecule has 1 atom stereocenters. The zero-order valence-corrected chi connectivity index (χ0v) is 17.7. The van der Waals surface area contributed by atoms with Crippen molar-refractivity contribution >= 4 is 23.7 Å². The minimum Gasteiger partial charge on any atom is -0.461 e. The fourth-order valence-electron chi connectivity index (χ4n) is 2.55. The molecular formula is C21H33N5O5. The van der Waals surface area contributed by atoms with Crippen LogP contribution in [0.15, 0.2) is 35.3 Å². The Hall–Kier alpha value is -3.14. The molecule has 0 radical (unpaired) electrons. The summed E-state index contributed by atoms with van der Waals surface area (Å²) in [4.78, 5) is 39.1. The van der Waals surface area contributed by atoms with Gasteiger partial charge in [0.2, 0.25) is 5.91 Å². The molecule has 0 fully saturated rings. The molecule has 0 aliphatic heterocycles. The normalized spacial score (nSPS) is 11.3. The first-order valence-corrected chi connectivity index (χ1v) is 10.4. The molecule has 0 heterocycles. The summed E-state index contributed by atoms with van der Waals surface area (Å²) >= 11 is 0. The van der Waals surface area contributed by atoms with E-state index in [0.29, 0.717) is 25.8 Å². The molecule has 0 aromatic heterocycles. The maximum Gasteiger partial charge on any atom is 0.306 e. The van der Waals surface area contributed by atoms with Crippen LogP contribution in [0, 0.1) is 0 Å². The van der Waals surface area contributed by atoms with Gasteiger partial charge in [-0.15, -0.1) is 0 Å². The summed E-state index contributed by atoms with van der Waals surface area (Å²) in [6.45, 7) is 0.784. The summed E-state index contributed by atoms with van der Waals surface area (Å²) in [6.07, 6.45) is 1.71. The number of nitrogens with two attached hydrogens (primary N) is 2. The lowest BCUT2D eigenvalue weighted by molar-refractivity contribution is -0.145. The molecule has 1 aromatic rings. The molecule has 0 aliphatic carbocycles. The number of esters is 1. The summed E-state index contributed by atoms with van der Waals surface area (Å²) in [5.41, 5.74) is 11.3. The van der Waals surface area contributed by atoms with Crippen LogP contribution in [0.4, 0.5) is 0 Å². The highest BCUT2D eigenvalue weighted by Gasteiger charge is 2.15. The average Bonchev–Trinajstić information content (AvgIpc) is 2.76. The van der Waals surface area contributed by atoms with E-state index < -0.39 is 12.0 Å². The van der Waals surface area contributed by atoms with Crippen LogP contribution in [-0.2, 0) is 25.7 Å². The SMILES string of the molecule is NC(N)=NCCCCCC(=O)NCC(O)C(=O)NCCCC(=O)OCc1ccccc1. The second kappa shape index (κ2) is 15.7. The molecule has 0 spiro atoms. The Bertz CT molecular complexity index is 707. The van der Waals surface area contributed by atoms with Gasteiger partial charge in [-0.1, -0.05) is 36.8 Å². The van der Waals surface area contributed by atoms with E-state index >= 15 is 0 Å². The van der Waals surface area contributed by atoms with Crippen LogP contribution in [0.25, 0.3) is 0 Å². The number of hydrogen-bond acceptors (Lipinski definition) is 6. The molecule has 1 aromatic carbocycles. The van der Waals surface area contributed by atoms with Crippen LogP contribution in [0.2, 0.25) is 0 Å². The molecule has 0 bridgehead atoms. The summed E-state index contributed by atoms with van der Waals surface area (Å²) in [5.74, 6) is -1.15. The van der Waals surface area contributed by atoms with Crippen molar-refractivity contribution in [3.05, 3.63) is 35.9 Å². The third kappa shape index (κ3) is 13.7. The van der Waals surface area contributed by atoms with Gasteiger partial charge in [0.1, 0.15) is 12.7 Å². The van der Waals surface area contributed by atoms with Gasteiger partial charge in [0.25, 0.3) is 5.91 Å². The number of aliphatic hydroxyl groups is 1. The van der Waals surface area contributed by atoms with Crippen molar-refractivity contribution < 1.29 is 24.2 Å². The first-order valence-electron chi connectivity index (χ1n) is 10.4. The van der Waals surface area contributed by atoms with Gasteiger partial charge in [-0.3, -0.25) is 19.4 Å². The van der Waals surface area contributed by atoms with Crippen LogP contribution in [0.3, 0.4) is 0 Å². The van der Waals surface area contributed by atoms with Crippen molar-refractivity contribution in [2.45, 2.75) is 51.2 Å². The number of amides is 2. The number of nitrogens with one attached hydrogen (secondary N) is 2. The van der Waals surface area contributed by atoms with E-state index in [1.807, 2.05) is 30.3 Å². The van der Waals surface area contributed by atoms with Crippen LogP contribution in [-0.4, -0.2) is 54.6 Å². The number of hydrogen-bond donors (Lipinski definition) is 5. The Morgan fingerprint density at radius 3 is 2.45 bits per heavy atom. The molecule has 172 valence electrons. The molecule has 2 amide bonds. The lowest BCUT2D eigenvalue weighted by atomic mass is 10.2. The van der Waals surface area contributed by atoms with Gasteiger partial charge in [-0.2, -0.15) is 0 Å². The molecule has 1 unspecified atom stereocenters. The number of carbonyl (C=O) groups excluding carboxylic acids is 3. The maximum atomic E-state index is 11.8. The predicted octanol–water partition coefficient (Wildman–Crippen LogP) is -0.0629. The van der Waals surface area contributed by atoms with Gasteiger partial charge in [0.15, 0.2) is 5.96 Å². The molecule has 0 aliphatic rings. The number of benzene rings is 1. The van der Waals surface area contributed by atoms with Gasteiger partial charge in [0, 0.05) is 25.9 Å². The van der Waals surface area contributed by atoms with Crippen molar-refractivity contribution in [3.8, 4) is 0 Å². The first-order chi connectivity index (χ1) is 14.9. The molecule has 7 N–H and O–H groups in total. The monoisotopic (exact) mass is 435 g/mol. The van der Waals surface area contributed by atoms with Crippen molar-refractivity contribution in [1.29, 1.82) is 0 Å². The first kappa shape index (κ1) is 25.9. The Morgan fingerprint density at radius 1 is 1.00 bits per heavy atom. The van der Waals surface area contributed by atoms with Crippen molar-refractivity contribution in [2.24, 2.45) is 16.5 Å². The Morgan fingerprint density at radius 2 is 1.74 bits per heavy atom. The third-order valence-electron chi connectivity index (χ3n) is 4.25. The van der Waals surface area contributed by atoms with Gasteiger partial charge in [-0.05, 0) is 24.8 Å². The van der Waals surface area contributed by atoms with E-state index in [0.717, 1.165) is 18.4 Å². The minimum atomic E-state index is -1.35. The highest BCUT2D eigenvalue weighted by molar-refractivity contribution is 5.82. The minimum absolute atomic E-state index is 0.0491. The van der Waals surface area contributed by atoms with Gasteiger partial charge in [-0.25, -0.2) is 0 Å². The number of rotatable bonds is 15. The molecule has 31 heavy (non-hydrogen) atoms. The quantitative estimate of drug-likeness (QED) is 0.111. The van der Waals surface area contributed by atoms with Crippen LogP contribution in [0.5, 0.6) is 0 Å². The molecular weight excluding hydrogens is 402 g/mol. The Kier molecular flexibility index (Phi) is 13.1. The number of unbranched alkanes of at least 4 members (excludes halogenated alkanes) is 2. The van der Waals surface area contributed by atoms with E-state index in [1.165, 1.54) is 0 Å². The molecule has 0 saturated heterocycles. The number of aliphatic imine (C=N–C) groups is 1. The number of ether oxygens (including phenoxy) is 1. The van der Waals surface area contributed by atoms with E-state index in [-0.39, 0.29) is 44.0 Å². The number of nitrogens with zero attached hydrogens (tertiary/aromatic N) is 1. The smallest absolute Gasteiger partial charge is 0.306 e. The fourth-order valence-corrected chi connectivity index (χ4v) is 2.55.